The maximum Gasteiger partial charge on any atom is 0.0466 e. The van der Waals surface area contributed by atoms with Gasteiger partial charge in [0.25, 0.3) is 0 Å². The predicted octanol–water partition coefficient (Wildman–Crippen LogP) is 3.36. The van der Waals surface area contributed by atoms with E-state index in [-0.39, 0.29) is 0 Å². The SMILES string of the molecule is CCCNC1CCC(C)(CCCOCC)C1. The van der Waals surface area contributed by atoms with Crippen LogP contribution in [0.5, 0.6) is 0 Å². The monoisotopic (exact) mass is 227 g/mol. The van der Waals surface area contributed by atoms with Crippen LogP contribution in [-0.4, -0.2) is 25.8 Å². The standard InChI is InChI=1S/C14H29NO/c1-4-10-15-13-7-9-14(3,12-13)8-6-11-16-5-2/h13,15H,4-12H2,1-3H3. The molecule has 1 aliphatic carbocycles. The van der Waals surface area contributed by atoms with Gasteiger partial charge in [-0.2, -0.15) is 0 Å². The Kier molecular flexibility index (Phi) is 6.37. The molecule has 0 amide bonds. The molecule has 0 aromatic rings. The summed E-state index contributed by atoms with van der Waals surface area (Å²) in [5.74, 6) is 0. The van der Waals surface area contributed by atoms with Crippen molar-refractivity contribution in [1.29, 1.82) is 0 Å². The Morgan fingerprint density at radius 3 is 2.88 bits per heavy atom. The highest BCUT2D eigenvalue weighted by Gasteiger charge is 2.33. The lowest BCUT2D eigenvalue weighted by atomic mass is 9.84. The molecule has 0 radical (unpaired) electrons. The molecule has 1 aliphatic rings. The van der Waals surface area contributed by atoms with Gasteiger partial charge in [0.05, 0.1) is 0 Å². The first-order chi connectivity index (χ1) is 7.70. The van der Waals surface area contributed by atoms with Gasteiger partial charge in [-0.25, -0.2) is 0 Å². The Labute approximate surface area is 101 Å². The van der Waals surface area contributed by atoms with Crippen molar-refractivity contribution in [3.63, 3.8) is 0 Å². The van der Waals surface area contributed by atoms with E-state index < -0.39 is 0 Å². The first kappa shape index (κ1) is 14.0. The minimum absolute atomic E-state index is 0.572. The van der Waals surface area contributed by atoms with E-state index in [2.05, 4.69) is 26.1 Å². The van der Waals surface area contributed by atoms with E-state index >= 15 is 0 Å². The number of hydrogen-bond donors (Lipinski definition) is 1. The van der Waals surface area contributed by atoms with Crippen molar-refractivity contribution >= 4 is 0 Å². The molecule has 2 unspecified atom stereocenters. The molecule has 1 N–H and O–H groups in total. The third-order valence-corrected chi connectivity index (χ3v) is 3.79. The van der Waals surface area contributed by atoms with Gasteiger partial charge in [0.2, 0.25) is 0 Å². The highest BCUT2D eigenvalue weighted by atomic mass is 16.5. The molecule has 1 fully saturated rings. The summed E-state index contributed by atoms with van der Waals surface area (Å²) < 4.78 is 5.41. The minimum atomic E-state index is 0.572. The zero-order valence-electron chi connectivity index (χ0n) is 11.3. The van der Waals surface area contributed by atoms with Crippen molar-refractivity contribution in [3.05, 3.63) is 0 Å². The molecular weight excluding hydrogens is 198 g/mol. The molecule has 96 valence electrons. The quantitative estimate of drug-likeness (QED) is 0.642. The van der Waals surface area contributed by atoms with E-state index in [1.54, 1.807) is 0 Å². The highest BCUT2D eigenvalue weighted by Crippen LogP contribution is 2.41. The number of rotatable bonds is 8. The summed E-state index contributed by atoms with van der Waals surface area (Å²) in [4.78, 5) is 0. The summed E-state index contributed by atoms with van der Waals surface area (Å²) in [5, 5.41) is 3.66. The Morgan fingerprint density at radius 1 is 1.38 bits per heavy atom. The predicted molar refractivity (Wildman–Crippen MR) is 69.8 cm³/mol. The number of ether oxygens (including phenoxy) is 1. The molecule has 0 spiro atoms. The molecule has 16 heavy (non-hydrogen) atoms. The molecule has 0 heterocycles. The summed E-state index contributed by atoms with van der Waals surface area (Å²) in [5.41, 5.74) is 0.572. The van der Waals surface area contributed by atoms with Crippen LogP contribution < -0.4 is 5.32 Å². The average Bonchev–Trinajstić information content (AvgIpc) is 2.64. The van der Waals surface area contributed by atoms with Crippen LogP contribution in [0.2, 0.25) is 0 Å². The van der Waals surface area contributed by atoms with Gasteiger partial charge in [-0.1, -0.05) is 13.8 Å². The molecule has 0 aromatic carbocycles. The van der Waals surface area contributed by atoms with Crippen molar-refractivity contribution < 1.29 is 4.74 Å². The topological polar surface area (TPSA) is 21.3 Å². The van der Waals surface area contributed by atoms with Crippen LogP contribution >= 0.6 is 0 Å². The van der Waals surface area contributed by atoms with Gasteiger partial charge >= 0.3 is 0 Å². The fraction of sp³-hybridized carbons (Fsp3) is 1.00. The minimum Gasteiger partial charge on any atom is -0.382 e. The van der Waals surface area contributed by atoms with Crippen LogP contribution in [0.25, 0.3) is 0 Å². The lowest BCUT2D eigenvalue weighted by Gasteiger charge is -2.24. The molecule has 0 saturated heterocycles. The van der Waals surface area contributed by atoms with Gasteiger partial charge in [-0.15, -0.1) is 0 Å². The maximum absolute atomic E-state index is 5.41. The van der Waals surface area contributed by atoms with Crippen molar-refractivity contribution in [2.45, 2.75) is 65.3 Å². The van der Waals surface area contributed by atoms with Gasteiger partial charge in [-0.3, -0.25) is 0 Å². The van der Waals surface area contributed by atoms with E-state index in [9.17, 15) is 0 Å². The largest absolute Gasteiger partial charge is 0.382 e. The van der Waals surface area contributed by atoms with Crippen molar-refractivity contribution in [3.8, 4) is 0 Å². The lowest BCUT2D eigenvalue weighted by molar-refractivity contribution is 0.130. The van der Waals surface area contributed by atoms with Crippen molar-refractivity contribution in [2.24, 2.45) is 5.41 Å². The van der Waals surface area contributed by atoms with E-state index in [0.29, 0.717) is 5.41 Å². The molecule has 0 bridgehead atoms. The van der Waals surface area contributed by atoms with Crippen LogP contribution in [0.4, 0.5) is 0 Å². The summed E-state index contributed by atoms with van der Waals surface area (Å²) in [6, 6.07) is 0.775. The van der Waals surface area contributed by atoms with Crippen molar-refractivity contribution in [1.82, 2.24) is 5.32 Å². The summed E-state index contributed by atoms with van der Waals surface area (Å²) >= 11 is 0. The molecular formula is C14H29NO. The van der Waals surface area contributed by atoms with Gasteiger partial charge in [0.1, 0.15) is 0 Å². The van der Waals surface area contributed by atoms with Crippen LogP contribution in [0.3, 0.4) is 0 Å². The van der Waals surface area contributed by atoms with E-state index in [0.717, 1.165) is 19.3 Å². The third-order valence-electron chi connectivity index (χ3n) is 3.79. The number of nitrogens with one attached hydrogen (secondary N) is 1. The Hall–Kier alpha value is -0.0800. The fourth-order valence-electron chi connectivity index (χ4n) is 2.82. The molecule has 0 aromatic heterocycles. The van der Waals surface area contributed by atoms with Crippen LogP contribution in [-0.2, 0) is 4.74 Å². The summed E-state index contributed by atoms with van der Waals surface area (Å²) in [6.07, 6.45) is 7.92. The van der Waals surface area contributed by atoms with Crippen LogP contribution in [0.15, 0.2) is 0 Å². The first-order valence-corrected chi connectivity index (χ1v) is 7.01. The van der Waals surface area contributed by atoms with Gasteiger partial charge in [0.15, 0.2) is 0 Å². The Bertz CT molecular complexity index is 184. The molecule has 0 aliphatic heterocycles. The fourth-order valence-corrected chi connectivity index (χ4v) is 2.82. The van der Waals surface area contributed by atoms with Gasteiger partial charge in [-0.05, 0) is 57.4 Å². The normalized spacial score (nSPS) is 29.8. The van der Waals surface area contributed by atoms with E-state index in [1.807, 2.05) is 0 Å². The second-order valence-corrected chi connectivity index (χ2v) is 5.50. The average molecular weight is 227 g/mol. The second-order valence-electron chi connectivity index (χ2n) is 5.50. The van der Waals surface area contributed by atoms with Gasteiger partial charge in [0, 0.05) is 19.3 Å². The van der Waals surface area contributed by atoms with Crippen LogP contribution in [0.1, 0.15) is 59.3 Å². The lowest BCUT2D eigenvalue weighted by Crippen LogP contribution is -2.28. The number of hydrogen-bond acceptors (Lipinski definition) is 2. The molecule has 2 heteroatoms. The van der Waals surface area contributed by atoms with Gasteiger partial charge < -0.3 is 10.1 Å². The zero-order valence-corrected chi connectivity index (χ0v) is 11.3. The highest BCUT2D eigenvalue weighted by molar-refractivity contribution is 4.89. The van der Waals surface area contributed by atoms with Crippen LogP contribution in [0, 0.1) is 5.41 Å². The third kappa shape index (κ3) is 4.84. The zero-order chi connectivity index (χ0) is 11.9. The summed E-state index contributed by atoms with van der Waals surface area (Å²) in [6.45, 7) is 9.74. The molecule has 2 atom stereocenters. The smallest absolute Gasteiger partial charge is 0.0466 e. The molecule has 1 saturated carbocycles. The van der Waals surface area contributed by atoms with E-state index in [4.69, 9.17) is 4.74 Å². The molecule has 1 rings (SSSR count). The maximum atomic E-state index is 5.41. The molecule has 2 nitrogen and oxygen atoms in total. The Morgan fingerprint density at radius 2 is 2.19 bits per heavy atom. The second kappa shape index (κ2) is 7.29. The summed E-state index contributed by atoms with van der Waals surface area (Å²) in [7, 11) is 0. The van der Waals surface area contributed by atoms with Crippen molar-refractivity contribution in [2.75, 3.05) is 19.8 Å². The van der Waals surface area contributed by atoms with E-state index in [1.165, 1.54) is 45.1 Å². The Balaban J connectivity index is 2.15. The first-order valence-electron chi connectivity index (χ1n) is 7.01.